The van der Waals surface area contributed by atoms with Gasteiger partial charge in [-0.2, -0.15) is 0 Å². The molecule has 0 radical (unpaired) electrons. The Morgan fingerprint density at radius 1 is 1.47 bits per heavy atom. The van der Waals surface area contributed by atoms with Crippen LogP contribution in [-0.2, 0) is 11.3 Å². The lowest BCUT2D eigenvalue weighted by atomic mass is 10.1. The summed E-state index contributed by atoms with van der Waals surface area (Å²) >= 11 is 0. The highest BCUT2D eigenvalue weighted by Gasteiger charge is 2.29. The van der Waals surface area contributed by atoms with Crippen molar-refractivity contribution in [1.29, 1.82) is 0 Å². The second-order valence-electron chi connectivity index (χ2n) is 4.06. The van der Waals surface area contributed by atoms with E-state index in [0.29, 0.717) is 13.2 Å². The quantitative estimate of drug-likeness (QED) is 0.866. The molecule has 0 bridgehead atoms. The lowest BCUT2D eigenvalue weighted by molar-refractivity contribution is 0.0696. The summed E-state index contributed by atoms with van der Waals surface area (Å²) in [5.41, 5.74) is 1.13. The van der Waals surface area contributed by atoms with E-state index in [0.717, 1.165) is 5.56 Å². The first kappa shape index (κ1) is 11.4. The molecule has 1 atom stereocenters. The van der Waals surface area contributed by atoms with Crippen molar-refractivity contribution in [3.05, 3.63) is 35.4 Å². The van der Waals surface area contributed by atoms with Gasteiger partial charge in [0.25, 0.3) is 0 Å². The molecule has 17 heavy (non-hydrogen) atoms. The maximum atomic E-state index is 11.4. The van der Waals surface area contributed by atoms with Gasteiger partial charge in [-0.3, -0.25) is 4.90 Å². The normalized spacial score (nSPS) is 19.2. The molecule has 1 heterocycles. The van der Waals surface area contributed by atoms with E-state index < -0.39 is 5.97 Å². The van der Waals surface area contributed by atoms with Crippen LogP contribution in [0.4, 0.5) is 4.79 Å². The first-order valence-electron chi connectivity index (χ1n) is 5.33. The zero-order valence-electron chi connectivity index (χ0n) is 9.42. The van der Waals surface area contributed by atoms with Gasteiger partial charge in [-0.1, -0.05) is 12.1 Å². The minimum atomic E-state index is -0.953. The second kappa shape index (κ2) is 4.45. The van der Waals surface area contributed by atoms with Crippen molar-refractivity contribution < 1.29 is 19.4 Å². The molecule has 1 N–H and O–H groups in total. The largest absolute Gasteiger partial charge is 0.478 e. The number of aromatic carboxylic acids is 1. The van der Waals surface area contributed by atoms with E-state index >= 15 is 0 Å². The van der Waals surface area contributed by atoms with Crippen LogP contribution in [0.15, 0.2) is 24.3 Å². The molecular weight excluding hydrogens is 222 g/mol. The summed E-state index contributed by atoms with van der Waals surface area (Å²) in [5.74, 6) is -0.953. The lowest BCUT2D eigenvalue weighted by Crippen LogP contribution is -2.30. The average molecular weight is 235 g/mol. The summed E-state index contributed by atoms with van der Waals surface area (Å²) in [4.78, 5) is 23.7. The first-order valence-corrected chi connectivity index (χ1v) is 5.33. The molecule has 0 spiro atoms. The number of cyclic esters (lactones) is 1. The van der Waals surface area contributed by atoms with Gasteiger partial charge in [-0.25, -0.2) is 9.59 Å². The first-order chi connectivity index (χ1) is 8.08. The van der Waals surface area contributed by atoms with Gasteiger partial charge in [0.15, 0.2) is 0 Å². The van der Waals surface area contributed by atoms with Crippen molar-refractivity contribution in [2.75, 3.05) is 6.61 Å². The third-order valence-electron chi connectivity index (χ3n) is 2.77. The standard InChI is InChI=1S/C12H13NO4/c1-8-7-17-12(16)13(8)6-9-2-4-10(5-3-9)11(14)15/h2-5,8H,6-7H2,1H3,(H,14,15)/t8-/m0/s1. The Kier molecular flexibility index (Phi) is 2.99. The molecule has 1 aromatic carbocycles. The Balaban J connectivity index is 2.08. The van der Waals surface area contributed by atoms with Crippen molar-refractivity contribution in [2.24, 2.45) is 0 Å². The van der Waals surface area contributed by atoms with Crippen molar-refractivity contribution in [1.82, 2.24) is 4.90 Å². The Morgan fingerprint density at radius 2 is 2.12 bits per heavy atom. The predicted octanol–water partition coefficient (Wildman–Crippen LogP) is 1.73. The molecule has 0 saturated carbocycles. The fraction of sp³-hybridized carbons (Fsp3) is 0.333. The molecule has 90 valence electrons. The highest BCUT2D eigenvalue weighted by atomic mass is 16.6. The van der Waals surface area contributed by atoms with Gasteiger partial charge in [0.2, 0.25) is 0 Å². The van der Waals surface area contributed by atoms with Crippen LogP contribution in [0.3, 0.4) is 0 Å². The molecule has 1 saturated heterocycles. The number of carbonyl (C=O) groups excluding carboxylic acids is 1. The van der Waals surface area contributed by atoms with Crippen LogP contribution in [0.2, 0.25) is 0 Å². The zero-order valence-corrected chi connectivity index (χ0v) is 9.42. The summed E-state index contributed by atoms with van der Waals surface area (Å²) in [6.07, 6.45) is -0.320. The molecule has 0 aliphatic carbocycles. The smallest absolute Gasteiger partial charge is 0.410 e. The molecule has 1 aromatic rings. The van der Waals surface area contributed by atoms with E-state index in [2.05, 4.69) is 0 Å². The number of hydrogen-bond acceptors (Lipinski definition) is 3. The maximum absolute atomic E-state index is 11.4. The molecule has 5 heteroatoms. The number of ether oxygens (including phenoxy) is 1. The zero-order chi connectivity index (χ0) is 12.4. The highest BCUT2D eigenvalue weighted by Crippen LogP contribution is 2.16. The Labute approximate surface area is 98.6 Å². The molecular formula is C12H13NO4. The van der Waals surface area contributed by atoms with Crippen LogP contribution in [-0.4, -0.2) is 34.7 Å². The maximum Gasteiger partial charge on any atom is 0.410 e. The number of rotatable bonds is 3. The van der Waals surface area contributed by atoms with E-state index in [4.69, 9.17) is 9.84 Å². The van der Waals surface area contributed by atoms with Crippen molar-refractivity contribution in [3.63, 3.8) is 0 Å². The summed E-state index contributed by atoms with van der Waals surface area (Å²) in [7, 11) is 0. The molecule has 1 aliphatic rings. The Hall–Kier alpha value is -2.04. The molecule has 2 rings (SSSR count). The van der Waals surface area contributed by atoms with Gasteiger partial charge in [0, 0.05) is 6.54 Å². The number of nitrogens with zero attached hydrogens (tertiary/aromatic N) is 1. The molecule has 0 unspecified atom stereocenters. The van der Waals surface area contributed by atoms with Crippen molar-refractivity contribution in [3.8, 4) is 0 Å². The number of hydrogen-bond donors (Lipinski definition) is 1. The average Bonchev–Trinajstić information content (AvgIpc) is 2.61. The SMILES string of the molecule is C[C@H]1COC(=O)N1Cc1ccc(C(=O)O)cc1. The predicted molar refractivity (Wildman–Crippen MR) is 59.8 cm³/mol. The third-order valence-corrected chi connectivity index (χ3v) is 2.77. The van der Waals surface area contributed by atoms with Crippen LogP contribution in [0.5, 0.6) is 0 Å². The van der Waals surface area contributed by atoms with E-state index in [1.54, 1.807) is 17.0 Å². The number of carbonyl (C=O) groups is 2. The van der Waals surface area contributed by atoms with Crippen molar-refractivity contribution in [2.45, 2.75) is 19.5 Å². The Morgan fingerprint density at radius 3 is 2.59 bits per heavy atom. The van der Waals surface area contributed by atoms with Gasteiger partial charge < -0.3 is 9.84 Å². The number of amides is 1. The van der Waals surface area contributed by atoms with Crippen LogP contribution in [0.1, 0.15) is 22.8 Å². The topological polar surface area (TPSA) is 66.8 Å². The molecule has 1 amide bonds. The van der Waals surface area contributed by atoms with Gasteiger partial charge in [0.05, 0.1) is 11.6 Å². The summed E-state index contributed by atoms with van der Waals surface area (Å²) < 4.78 is 4.90. The van der Waals surface area contributed by atoms with Crippen LogP contribution in [0, 0.1) is 0 Å². The lowest BCUT2D eigenvalue weighted by Gasteiger charge is -2.17. The molecule has 1 aliphatic heterocycles. The summed E-state index contributed by atoms with van der Waals surface area (Å²) in [6, 6.07) is 6.54. The van der Waals surface area contributed by atoms with E-state index in [1.165, 1.54) is 12.1 Å². The molecule has 0 aromatic heterocycles. The highest BCUT2D eigenvalue weighted by molar-refractivity contribution is 5.87. The monoisotopic (exact) mass is 235 g/mol. The van der Waals surface area contributed by atoms with E-state index in [1.807, 2.05) is 6.92 Å². The number of carboxylic acid groups (broad SMARTS) is 1. The van der Waals surface area contributed by atoms with E-state index in [9.17, 15) is 9.59 Å². The van der Waals surface area contributed by atoms with Gasteiger partial charge in [0.1, 0.15) is 6.61 Å². The summed E-state index contributed by atoms with van der Waals surface area (Å²) in [5, 5.41) is 8.76. The second-order valence-corrected chi connectivity index (χ2v) is 4.06. The fourth-order valence-corrected chi connectivity index (χ4v) is 1.71. The molecule has 5 nitrogen and oxygen atoms in total. The van der Waals surface area contributed by atoms with Gasteiger partial charge >= 0.3 is 12.1 Å². The Bertz CT molecular complexity index is 440. The van der Waals surface area contributed by atoms with Crippen LogP contribution in [0.25, 0.3) is 0 Å². The van der Waals surface area contributed by atoms with Gasteiger partial charge in [-0.05, 0) is 24.6 Å². The third kappa shape index (κ3) is 2.38. The fourth-order valence-electron chi connectivity index (χ4n) is 1.71. The van der Waals surface area contributed by atoms with Crippen molar-refractivity contribution >= 4 is 12.1 Å². The van der Waals surface area contributed by atoms with E-state index in [-0.39, 0.29) is 17.7 Å². The van der Waals surface area contributed by atoms with Gasteiger partial charge in [-0.15, -0.1) is 0 Å². The minimum absolute atomic E-state index is 0.0571. The minimum Gasteiger partial charge on any atom is -0.478 e. The number of benzene rings is 1. The number of carboxylic acids is 1. The van der Waals surface area contributed by atoms with Crippen LogP contribution < -0.4 is 0 Å². The van der Waals surface area contributed by atoms with Crippen LogP contribution >= 0.6 is 0 Å². The molecule has 1 fully saturated rings. The summed E-state index contributed by atoms with van der Waals surface area (Å²) in [6.45, 7) is 2.77.